The number of thiophene rings is 1. The van der Waals surface area contributed by atoms with Gasteiger partial charge in [-0.1, -0.05) is 6.92 Å². The van der Waals surface area contributed by atoms with Crippen molar-refractivity contribution < 1.29 is 0 Å². The molecular formula is C13H20N4S. The van der Waals surface area contributed by atoms with Crippen molar-refractivity contribution in [2.45, 2.75) is 20.3 Å². The first-order chi connectivity index (χ1) is 8.72. The summed E-state index contributed by atoms with van der Waals surface area (Å²) in [5.41, 5.74) is 0. The van der Waals surface area contributed by atoms with Gasteiger partial charge in [0.15, 0.2) is 0 Å². The molecule has 0 aliphatic carbocycles. The van der Waals surface area contributed by atoms with Crippen molar-refractivity contribution in [1.29, 1.82) is 0 Å². The molecule has 5 heteroatoms. The first kappa shape index (κ1) is 13.2. The minimum atomic E-state index is 0.959. The molecule has 0 aromatic carbocycles. The Morgan fingerprint density at radius 2 is 2.17 bits per heavy atom. The summed E-state index contributed by atoms with van der Waals surface area (Å²) < 4.78 is 0. The van der Waals surface area contributed by atoms with Crippen molar-refractivity contribution in [1.82, 2.24) is 15.3 Å². The summed E-state index contributed by atoms with van der Waals surface area (Å²) in [4.78, 5) is 13.3. The van der Waals surface area contributed by atoms with Crippen molar-refractivity contribution in [2.75, 3.05) is 31.6 Å². The van der Waals surface area contributed by atoms with Gasteiger partial charge in [0.2, 0.25) is 0 Å². The van der Waals surface area contributed by atoms with Gasteiger partial charge in [-0.2, -0.15) is 0 Å². The Bertz CT molecular complexity index is 509. The van der Waals surface area contributed by atoms with Crippen LogP contribution in [0.15, 0.2) is 12.4 Å². The van der Waals surface area contributed by atoms with E-state index in [9.17, 15) is 0 Å². The predicted molar refractivity (Wildman–Crippen MR) is 78.6 cm³/mol. The second kappa shape index (κ2) is 6.11. The van der Waals surface area contributed by atoms with E-state index in [1.54, 1.807) is 17.7 Å². The number of aromatic nitrogens is 2. The van der Waals surface area contributed by atoms with Gasteiger partial charge in [-0.15, -0.1) is 11.3 Å². The molecule has 0 aliphatic heterocycles. The second-order valence-electron chi connectivity index (χ2n) is 4.44. The molecule has 0 bridgehead atoms. The normalized spacial score (nSPS) is 11.1. The number of nitrogens with zero attached hydrogens (tertiary/aromatic N) is 3. The Labute approximate surface area is 112 Å². The molecule has 4 nitrogen and oxygen atoms in total. The van der Waals surface area contributed by atoms with Crippen molar-refractivity contribution in [3.63, 3.8) is 0 Å². The van der Waals surface area contributed by atoms with Crippen LogP contribution in [-0.2, 0) is 0 Å². The molecule has 2 aromatic rings. The number of nitrogens with one attached hydrogen (secondary N) is 1. The lowest BCUT2D eigenvalue weighted by Crippen LogP contribution is -2.30. The van der Waals surface area contributed by atoms with Crippen molar-refractivity contribution in [3.05, 3.63) is 17.3 Å². The van der Waals surface area contributed by atoms with Gasteiger partial charge in [0, 0.05) is 25.0 Å². The standard InChI is InChI=1S/C13H20N4S/c1-4-5-14-6-7-17(3)12-11-8-10(2)18-13(11)16-9-15-12/h8-9,14H,4-7H2,1-3H3. The molecule has 2 aromatic heterocycles. The molecule has 0 spiro atoms. The molecule has 0 fully saturated rings. The zero-order chi connectivity index (χ0) is 13.0. The van der Waals surface area contributed by atoms with E-state index in [4.69, 9.17) is 0 Å². The summed E-state index contributed by atoms with van der Waals surface area (Å²) in [6.07, 6.45) is 2.83. The van der Waals surface area contributed by atoms with Gasteiger partial charge in [0.05, 0.1) is 5.39 Å². The molecule has 98 valence electrons. The molecule has 0 saturated carbocycles. The molecule has 0 amide bonds. The van der Waals surface area contributed by atoms with Crippen LogP contribution in [0.5, 0.6) is 0 Å². The van der Waals surface area contributed by atoms with Gasteiger partial charge in [-0.25, -0.2) is 9.97 Å². The summed E-state index contributed by atoms with van der Waals surface area (Å²) in [5.74, 6) is 1.03. The average Bonchev–Trinajstić information content (AvgIpc) is 2.74. The number of hydrogen-bond acceptors (Lipinski definition) is 5. The second-order valence-corrected chi connectivity index (χ2v) is 5.68. The Morgan fingerprint density at radius 1 is 1.33 bits per heavy atom. The van der Waals surface area contributed by atoms with E-state index in [0.717, 1.165) is 35.7 Å². The smallest absolute Gasteiger partial charge is 0.140 e. The van der Waals surface area contributed by atoms with Crippen molar-refractivity contribution in [2.24, 2.45) is 0 Å². The summed E-state index contributed by atoms with van der Waals surface area (Å²) in [5, 5.41) is 4.57. The minimum absolute atomic E-state index is 0.959. The highest BCUT2D eigenvalue weighted by molar-refractivity contribution is 7.18. The highest BCUT2D eigenvalue weighted by Crippen LogP contribution is 2.28. The zero-order valence-corrected chi connectivity index (χ0v) is 12.0. The first-order valence-corrected chi connectivity index (χ1v) is 7.17. The van der Waals surface area contributed by atoms with E-state index < -0.39 is 0 Å². The predicted octanol–water partition coefficient (Wildman–Crippen LogP) is 2.44. The van der Waals surface area contributed by atoms with Crippen LogP contribution in [0.25, 0.3) is 10.2 Å². The molecule has 0 radical (unpaired) electrons. The first-order valence-electron chi connectivity index (χ1n) is 6.35. The third kappa shape index (κ3) is 2.97. The van der Waals surface area contributed by atoms with Crippen LogP contribution >= 0.6 is 11.3 Å². The third-order valence-corrected chi connectivity index (χ3v) is 3.80. The quantitative estimate of drug-likeness (QED) is 0.814. The van der Waals surface area contributed by atoms with Crippen molar-refractivity contribution in [3.8, 4) is 0 Å². The fourth-order valence-electron chi connectivity index (χ4n) is 1.92. The minimum Gasteiger partial charge on any atom is -0.358 e. The maximum Gasteiger partial charge on any atom is 0.140 e. The van der Waals surface area contributed by atoms with Crippen LogP contribution in [-0.4, -0.2) is 36.6 Å². The third-order valence-electron chi connectivity index (χ3n) is 2.84. The van der Waals surface area contributed by atoms with E-state index in [1.165, 1.54) is 11.3 Å². The number of fused-ring (bicyclic) bond motifs is 1. The van der Waals surface area contributed by atoms with Crippen LogP contribution < -0.4 is 10.2 Å². The number of aryl methyl sites for hydroxylation is 1. The maximum atomic E-state index is 4.41. The monoisotopic (exact) mass is 264 g/mol. The van der Waals surface area contributed by atoms with Crippen LogP contribution in [0.1, 0.15) is 18.2 Å². The Hall–Kier alpha value is -1.20. The van der Waals surface area contributed by atoms with Gasteiger partial charge in [-0.3, -0.25) is 0 Å². The average molecular weight is 264 g/mol. The lowest BCUT2D eigenvalue weighted by molar-refractivity contribution is 0.664. The summed E-state index contributed by atoms with van der Waals surface area (Å²) >= 11 is 1.72. The lowest BCUT2D eigenvalue weighted by atomic mass is 10.3. The topological polar surface area (TPSA) is 41.0 Å². The van der Waals surface area contributed by atoms with E-state index in [1.807, 2.05) is 0 Å². The molecule has 0 saturated heterocycles. The van der Waals surface area contributed by atoms with Gasteiger partial charge in [0.25, 0.3) is 0 Å². The zero-order valence-electron chi connectivity index (χ0n) is 11.2. The molecule has 0 unspecified atom stereocenters. The Balaban J connectivity index is 2.09. The number of anilines is 1. The van der Waals surface area contributed by atoms with Gasteiger partial charge >= 0.3 is 0 Å². The summed E-state index contributed by atoms with van der Waals surface area (Å²) in [6.45, 7) is 7.31. The summed E-state index contributed by atoms with van der Waals surface area (Å²) in [6, 6.07) is 2.17. The van der Waals surface area contributed by atoms with Gasteiger partial charge in [-0.05, 0) is 26.0 Å². The van der Waals surface area contributed by atoms with E-state index in [0.29, 0.717) is 0 Å². The fraction of sp³-hybridized carbons (Fsp3) is 0.538. The highest BCUT2D eigenvalue weighted by Gasteiger charge is 2.10. The SMILES string of the molecule is CCCNCCN(C)c1ncnc2sc(C)cc12. The van der Waals surface area contributed by atoms with E-state index in [2.05, 4.69) is 47.1 Å². The molecule has 0 aliphatic rings. The molecule has 1 N–H and O–H groups in total. The Kier molecular flexibility index (Phi) is 4.49. The van der Waals surface area contributed by atoms with Crippen LogP contribution in [0.4, 0.5) is 5.82 Å². The Morgan fingerprint density at radius 3 is 2.94 bits per heavy atom. The molecule has 2 rings (SSSR count). The maximum absolute atomic E-state index is 4.41. The number of likely N-dealkylation sites (N-methyl/N-ethyl adjacent to an activating group) is 1. The molecule has 18 heavy (non-hydrogen) atoms. The van der Waals surface area contributed by atoms with Gasteiger partial charge < -0.3 is 10.2 Å². The molecule has 2 heterocycles. The number of hydrogen-bond donors (Lipinski definition) is 1. The van der Waals surface area contributed by atoms with Gasteiger partial charge in [0.1, 0.15) is 17.0 Å². The van der Waals surface area contributed by atoms with Crippen LogP contribution in [0, 0.1) is 6.92 Å². The summed E-state index contributed by atoms with van der Waals surface area (Å²) in [7, 11) is 2.09. The highest BCUT2D eigenvalue weighted by atomic mass is 32.1. The molecule has 0 atom stereocenters. The van der Waals surface area contributed by atoms with Crippen LogP contribution in [0.2, 0.25) is 0 Å². The van der Waals surface area contributed by atoms with Crippen molar-refractivity contribution >= 4 is 27.4 Å². The molecular weight excluding hydrogens is 244 g/mol. The van der Waals surface area contributed by atoms with E-state index >= 15 is 0 Å². The largest absolute Gasteiger partial charge is 0.358 e. The number of rotatable bonds is 6. The van der Waals surface area contributed by atoms with Crippen LogP contribution in [0.3, 0.4) is 0 Å². The fourth-order valence-corrected chi connectivity index (χ4v) is 2.76. The lowest BCUT2D eigenvalue weighted by Gasteiger charge is -2.18. The van der Waals surface area contributed by atoms with E-state index in [-0.39, 0.29) is 0 Å².